The van der Waals surface area contributed by atoms with Crippen molar-refractivity contribution in [3.63, 3.8) is 0 Å². The molecule has 58 heavy (non-hydrogen) atoms. The van der Waals surface area contributed by atoms with Crippen LogP contribution in [0.15, 0.2) is 0 Å². The van der Waals surface area contributed by atoms with E-state index in [9.17, 15) is 24.0 Å². The van der Waals surface area contributed by atoms with E-state index in [2.05, 4.69) is 26.1 Å². The number of carboxylic acids is 1. The second kappa shape index (κ2) is 42.5. The largest absolute Gasteiger partial charge is 0.481 e. The number of aliphatic carboxylic acids is 1. The summed E-state index contributed by atoms with van der Waals surface area (Å²) in [4.78, 5) is 62.7. The molecule has 0 aromatic rings. The summed E-state index contributed by atoms with van der Waals surface area (Å²) in [5, 5.41) is 11.4. The molecule has 0 bridgehead atoms. The molecule has 10 nitrogen and oxygen atoms in total. The number of nitrogens with zero attached hydrogens (tertiary/aromatic N) is 1. The fourth-order valence-electron chi connectivity index (χ4n) is 7.29. The molecule has 2 N–H and O–H groups in total. The number of carboxylic acid groups (broad SMARTS) is 1. The molecular formula is C48H90N2O8. The Balaban J connectivity index is 4.55. The van der Waals surface area contributed by atoms with Gasteiger partial charge in [-0.1, -0.05) is 162 Å². The highest BCUT2D eigenvalue weighted by Crippen LogP contribution is 2.19. The number of amides is 2. The van der Waals surface area contributed by atoms with Gasteiger partial charge in [-0.3, -0.25) is 24.0 Å². The molecule has 0 aromatic carbocycles. The monoisotopic (exact) mass is 823 g/mol. The van der Waals surface area contributed by atoms with Crippen LogP contribution in [-0.2, 0) is 33.4 Å². The van der Waals surface area contributed by atoms with Gasteiger partial charge in [0.1, 0.15) is 6.10 Å². The standard InChI is InChI=1S/C48H90N2O8/c1-4-7-10-13-16-17-18-24-32-41-57-47(55)35-29-25-31-40-50(45(52)42-49-44(51)37-38-46(53)54)39-30-23-19-22-28-36-48(56)58-43(33-26-20-14-11-8-5-2)34-27-21-15-12-9-6-3/h43H,4-42H2,1-3H3,(H,49,51)(H,53,54). The van der Waals surface area contributed by atoms with Crippen LogP contribution in [-0.4, -0.2) is 72.1 Å². The summed E-state index contributed by atoms with van der Waals surface area (Å²) in [6, 6.07) is 0. The molecule has 0 radical (unpaired) electrons. The third-order valence-electron chi connectivity index (χ3n) is 11.0. The van der Waals surface area contributed by atoms with Crippen molar-refractivity contribution in [3.05, 3.63) is 0 Å². The number of hydrogen-bond acceptors (Lipinski definition) is 7. The summed E-state index contributed by atoms with van der Waals surface area (Å²) in [6.45, 7) is 8.12. The van der Waals surface area contributed by atoms with Gasteiger partial charge in [0, 0.05) is 32.4 Å². The summed E-state index contributed by atoms with van der Waals surface area (Å²) < 4.78 is 11.4. The average molecular weight is 823 g/mol. The normalized spacial score (nSPS) is 11.2. The van der Waals surface area contributed by atoms with Crippen LogP contribution in [0.4, 0.5) is 0 Å². The SMILES string of the molecule is CCCCCCCCCCCOC(=O)CCCCCN(CCCCCCCC(=O)OC(CCCCCCCC)CCCCCCCC)C(=O)CNC(=O)CCC(=O)O. The van der Waals surface area contributed by atoms with Crippen molar-refractivity contribution >= 4 is 29.7 Å². The van der Waals surface area contributed by atoms with E-state index in [0.29, 0.717) is 39.0 Å². The Morgan fingerprint density at radius 2 is 0.897 bits per heavy atom. The number of ether oxygens (including phenoxy) is 2. The first kappa shape index (κ1) is 55.4. The lowest BCUT2D eigenvalue weighted by molar-refractivity contribution is -0.150. The lowest BCUT2D eigenvalue weighted by Crippen LogP contribution is -2.41. The van der Waals surface area contributed by atoms with Gasteiger partial charge in [0.05, 0.1) is 19.6 Å². The topological polar surface area (TPSA) is 139 Å². The van der Waals surface area contributed by atoms with Crippen molar-refractivity contribution < 1.29 is 38.6 Å². The maximum absolute atomic E-state index is 13.1. The smallest absolute Gasteiger partial charge is 0.306 e. The highest BCUT2D eigenvalue weighted by atomic mass is 16.5. The number of carbonyl (C=O) groups excluding carboxylic acids is 4. The highest BCUT2D eigenvalue weighted by Gasteiger charge is 2.16. The van der Waals surface area contributed by atoms with Crippen molar-refractivity contribution in [2.45, 2.75) is 252 Å². The van der Waals surface area contributed by atoms with E-state index in [1.54, 1.807) is 4.90 Å². The third kappa shape index (κ3) is 38.8. The zero-order chi connectivity index (χ0) is 42.7. The summed E-state index contributed by atoms with van der Waals surface area (Å²) in [7, 11) is 0. The van der Waals surface area contributed by atoms with Crippen molar-refractivity contribution in [2.75, 3.05) is 26.2 Å². The number of hydrogen-bond donors (Lipinski definition) is 2. The fraction of sp³-hybridized carbons (Fsp3) is 0.896. The highest BCUT2D eigenvalue weighted by molar-refractivity contribution is 5.86. The van der Waals surface area contributed by atoms with Crippen molar-refractivity contribution in [1.82, 2.24) is 10.2 Å². The van der Waals surface area contributed by atoms with Crippen LogP contribution in [0.2, 0.25) is 0 Å². The van der Waals surface area contributed by atoms with E-state index in [1.165, 1.54) is 109 Å². The quantitative estimate of drug-likeness (QED) is 0.0457. The first-order chi connectivity index (χ1) is 28.2. The van der Waals surface area contributed by atoms with Crippen LogP contribution < -0.4 is 5.32 Å². The van der Waals surface area contributed by atoms with Crippen LogP contribution in [0, 0.1) is 0 Å². The van der Waals surface area contributed by atoms with Crippen molar-refractivity contribution in [3.8, 4) is 0 Å². The average Bonchev–Trinajstić information content (AvgIpc) is 3.20. The van der Waals surface area contributed by atoms with Gasteiger partial charge in [-0.15, -0.1) is 0 Å². The van der Waals surface area contributed by atoms with E-state index in [4.69, 9.17) is 14.6 Å². The minimum Gasteiger partial charge on any atom is -0.481 e. The first-order valence-electron chi connectivity index (χ1n) is 24.3. The van der Waals surface area contributed by atoms with Gasteiger partial charge in [-0.2, -0.15) is 0 Å². The van der Waals surface area contributed by atoms with E-state index >= 15 is 0 Å². The Hall–Kier alpha value is -2.65. The molecule has 0 aliphatic heterocycles. The van der Waals surface area contributed by atoms with Crippen LogP contribution in [0.3, 0.4) is 0 Å². The Labute approximate surface area is 355 Å². The molecule has 340 valence electrons. The maximum atomic E-state index is 13.1. The van der Waals surface area contributed by atoms with E-state index < -0.39 is 11.9 Å². The molecule has 0 unspecified atom stereocenters. The van der Waals surface area contributed by atoms with Gasteiger partial charge in [-0.05, 0) is 57.8 Å². The molecule has 10 heteroatoms. The lowest BCUT2D eigenvalue weighted by Gasteiger charge is -2.23. The Morgan fingerprint density at radius 1 is 0.483 bits per heavy atom. The third-order valence-corrected chi connectivity index (χ3v) is 11.0. The fourth-order valence-corrected chi connectivity index (χ4v) is 7.29. The molecule has 0 heterocycles. The van der Waals surface area contributed by atoms with Crippen LogP contribution in [0.1, 0.15) is 245 Å². The zero-order valence-electron chi connectivity index (χ0n) is 37.9. The minimum absolute atomic E-state index is 0.0403. The Morgan fingerprint density at radius 3 is 1.40 bits per heavy atom. The van der Waals surface area contributed by atoms with Gasteiger partial charge < -0.3 is 24.8 Å². The molecule has 0 aromatic heterocycles. The van der Waals surface area contributed by atoms with Crippen LogP contribution in [0.25, 0.3) is 0 Å². The lowest BCUT2D eigenvalue weighted by atomic mass is 10.0. The molecule has 2 amide bonds. The molecular weight excluding hydrogens is 733 g/mol. The van der Waals surface area contributed by atoms with Crippen molar-refractivity contribution in [1.29, 1.82) is 0 Å². The number of rotatable bonds is 44. The van der Waals surface area contributed by atoms with E-state index in [0.717, 1.165) is 83.5 Å². The maximum Gasteiger partial charge on any atom is 0.306 e. The summed E-state index contributed by atoms with van der Waals surface area (Å²) >= 11 is 0. The zero-order valence-corrected chi connectivity index (χ0v) is 37.9. The molecule has 0 fully saturated rings. The molecule has 0 rings (SSSR count). The molecule has 0 spiro atoms. The van der Waals surface area contributed by atoms with Gasteiger partial charge in [0.2, 0.25) is 11.8 Å². The molecule has 0 saturated carbocycles. The molecule has 0 atom stereocenters. The number of unbranched alkanes of at least 4 members (excludes halogenated alkanes) is 24. The minimum atomic E-state index is -1.05. The molecule has 0 aliphatic rings. The predicted octanol–water partition coefficient (Wildman–Crippen LogP) is 12.2. The van der Waals surface area contributed by atoms with E-state index in [-0.39, 0.29) is 43.3 Å². The van der Waals surface area contributed by atoms with Gasteiger partial charge in [0.15, 0.2) is 0 Å². The first-order valence-corrected chi connectivity index (χ1v) is 24.3. The Kier molecular flexibility index (Phi) is 40.5. The van der Waals surface area contributed by atoms with Gasteiger partial charge >= 0.3 is 17.9 Å². The Bertz CT molecular complexity index is 990. The van der Waals surface area contributed by atoms with Gasteiger partial charge in [-0.25, -0.2) is 0 Å². The van der Waals surface area contributed by atoms with Crippen LogP contribution in [0.5, 0.6) is 0 Å². The van der Waals surface area contributed by atoms with E-state index in [1.807, 2.05) is 0 Å². The number of esters is 2. The molecule has 0 saturated heterocycles. The van der Waals surface area contributed by atoms with Gasteiger partial charge in [0.25, 0.3) is 0 Å². The predicted molar refractivity (Wildman–Crippen MR) is 237 cm³/mol. The van der Waals surface area contributed by atoms with Crippen molar-refractivity contribution in [2.24, 2.45) is 0 Å². The summed E-state index contributed by atoms with van der Waals surface area (Å²) in [5.41, 5.74) is 0. The number of carbonyl (C=O) groups is 5. The molecule has 0 aliphatic carbocycles. The number of nitrogens with one attached hydrogen (secondary N) is 1. The second-order valence-electron chi connectivity index (χ2n) is 16.7. The summed E-state index contributed by atoms with van der Waals surface area (Å²) in [6.07, 6.45) is 34.9. The van der Waals surface area contributed by atoms with Crippen LogP contribution >= 0.6 is 0 Å². The second-order valence-corrected chi connectivity index (χ2v) is 16.7. The summed E-state index contributed by atoms with van der Waals surface area (Å²) in [5.74, 6) is -1.93.